The van der Waals surface area contributed by atoms with Crippen molar-refractivity contribution in [3.05, 3.63) is 0 Å². The number of nitrogens with zero attached hydrogens (tertiary/aromatic N) is 3. The third-order valence-corrected chi connectivity index (χ3v) is 11.6. The van der Waals surface area contributed by atoms with Gasteiger partial charge in [0.05, 0.1) is 23.3 Å². The van der Waals surface area contributed by atoms with Crippen molar-refractivity contribution in [1.82, 2.24) is 20.4 Å². The highest BCUT2D eigenvalue weighted by Crippen LogP contribution is 2.76. The van der Waals surface area contributed by atoms with Crippen LogP contribution in [-0.2, 0) is 23.9 Å². The number of β-lactam (4-membered cyclic amide) rings is 1. The van der Waals surface area contributed by atoms with E-state index in [1.165, 1.54) is 4.90 Å². The van der Waals surface area contributed by atoms with Gasteiger partial charge in [0, 0.05) is 24.9 Å². The van der Waals surface area contributed by atoms with E-state index in [2.05, 4.69) is 16.7 Å². The minimum atomic E-state index is -4.75. The summed E-state index contributed by atoms with van der Waals surface area (Å²) >= 11 is 0. The van der Waals surface area contributed by atoms with Gasteiger partial charge >= 0.3 is 6.18 Å². The van der Waals surface area contributed by atoms with E-state index in [-0.39, 0.29) is 37.6 Å². The maximum atomic E-state index is 14.2. The minimum absolute atomic E-state index is 0.136. The fourth-order valence-electron chi connectivity index (χ4n) is 8.60. The van der Waals surface area contributed by atoms with Crippen LogP contribution in [0.25, 0.3) is 0 Å². The Morgan fingerprint density at radius 3 is 2.37 bits per heavy atom. The number of hydrogen-bond acceptors (Lipinski definition) is 6. The highest BCUT2D eigenvalue weighted by Gasteiger charge is 2.90. The number of carbonyl (C=O) groups is 4. The van der Waals surface area contributed by atoms with Crippen molar-refractivity contribution in [1.29, 1.82) is 5.26 Å². The number of amides is 4. The first-order valence-electron chi connectivity index (χ1n) is 15.4. The number of nitrogens with one attached hydrogen (secondary N) is 2. The zero-order valence-electron chi connectivity index (χ0n) is 25.1. The first-order valence-corrected chi connectivity index (χ1v) is 15.4. The van der Waals surface area contributed by atoms with Crippen LogP contribution in [0.15, 0.2) is 0 Å². The highest BCUT2D eigenvalue weighted by atomic mass is 19.4. The van der Waals surface area contributed by atoms with E-state index in [1.807, 2.05) is 20.8 Å². The molecule has 10 nitrogen and oxygen atoms in total. The van der Waals surface area contributed by atoms with Crippen LogP contribution in [0.1, 0.15) is 79.1 Å². The summed E-state index contributed by atoms with van der Waals surface area (Å²) in [5.74, 6) is -3.00. The van der Waals surface area contributed by atoms with Crippen LogP contribution in [0.5, 0.6) is 0 Å². The smallest absolute Gasteiger partial charge is 0.370 e. The molecule has 13 heteroatoms. The first kappa shape index (κ1) is 30.2. The molecule has 1 spiro atoms. The molecule has 7 unspecified atom stereocenters. The molecule has 6 aliphatic rings. The Bertz CT molecular complexity index is 1290. The first-order chi connectivity index (χ1) is 20.1. The van der Waals surface area contributed by atoms with Crippen molar-refractivity contribution < 1.29 is 37.1 Å². The Labute approximate surface area is 249 Å². The molecule has 0 aromatic carbocycles. The Kier molecular flexibility index (Phi) is 6.70. The van der Waals surface area contributed by atoms with Gasteiger partial charge in [0.15, 0.2) is 0 Å². The van der Waals surface area contributed by atoms with Gasteiger partial charge in [-0.15, -0.1) is 0 Å². The fraction of sp³-hybridized carbons (Fsp3) is 0.833. The quantitative estimate of drug-likeness (QED) is 0.387. The average Bonchev–Trinajstić information content (AvgIpc) is 3.78. The van der Waals surface area contributed by atoms with E-state index in [0.717, 1.165) is 25.7 Å². The summed E-state index contributed by atoms with van der Waals surface area (Å²) < 4.78 is 47.6. The molecule has 6 rings (SSSR count). The molecule has 43 heavy (non-hydrogen) atoms. The van der Waals surface area contributed by atoms with Gasteiger partial charge in [-0.05, 0) is 70.6 Å². The second-order valence-electron chi connectivity index (χ2n) is 14.4. The largest absolute Gasteiger partial charge is 0.403 e. The molecule has 236 valence electrons. The third-order valence-electron chi connectivity index (χ3n) is 11.6. The molecule has 3 saturated carbocycles. The second kappa shape index (κ2) is 9.56. The zero-order chi connectivity index (χ0) is 31.3. The minimum Gasteiger partial charge on any atom is -0.370 e. The number of halogens is 3. The number of nitriles is 1. The van der Waals surface area contributed by atoms with E-state index in [9.17, 15) is 37.6 Å². The number of likely N-dealkylation sites (tertiary alicyclic amines) is 2. The van der Waals surface area contributed by atoms with Gasteiger partial charge in [-0.1, -0.05) is 13.8 Å². The molecule has 0 aromatic heterocycles. The van der Waals surface area contributed by atoms with Gasteiger partial charge < -0.3 is 25.2 Å². The maximum absolute atomic E-state index is 14.2. The zero-order valence-corrected chi connectivity index (χ0v) is 25.1. The molecule has 7 atom stereocenters. The van der Waals surface area contributed by atoms with Crippen LogP contribution >= 0.6 is 0 Å². The van der Waals surface area contributed by atoms with Crippen molar-refractivity contribution in [3.63, 3.8) is 0 Å². The number of alkyl halides is 3. The molecule has 6 fully saturated rings. The Morgan fingerprint density at radius 1 is 1.16 bits per heavy atom. The molecule has 0 aromatic rings. The number of ether oxygens (including phenoxy) is 1. The van der Waals surface area contributed by atoms with Crippen molar-refractivity contribution in [2.45, 2.75) is 121 Å². The summed E-state index contributed by atoms with van der Waals surface area (Å²) in [6, 6.07) is -0.940. The third kappa shape index (κ3) is 4.14. The fourth-order valence-corrected chi connectivity index (χ4v) is 8.60. The summed E-state index contributed by atoms with van der Waals surface area (Å²) in [5.41, 5.74) is -4.29. The monoisotopic (exact) mass is 607 g/mol. The van der Waals surface area contributed by atoms with Gasteiger partial charge in [-0.25, -0.2) is 0 Å². The molecule has 3 heterocycles. The lowest BCUT2D eigenvalue weighted by Crippen LogP contribution is -2.76. The van der Waals surface area contributed by atoms with Crippen LogP contribution in [0.4, 0.5) is 13.2 Å². The van der Waals surface area contributed by atoms with Crippen molar-refractivity contribution in [2.75, 3.05) is 13.1 Å². The van der Waals surface area contributed by atoms with Gasteiger partial charge in [-0.3, -0.25) is 19.2 Å². The second-order valence-corrected chi connectivity index (χ2v) is 14.4. The normalized spacial score (nSPS) is 34.7. The number of carbonyl (C=O) groups excluding carboxylic acids is 4. The van der Waals surface area contributed by atoms with E-state index in [1.54, 1.807) is 11.8 Å². The molecule has 3 aliphatic carbocycles. The van der Waals surface area contributed by atoms with Gasteiger partial charge in [0.1, 0.15) is 23.5 Å². The topological polar surface area (TPSA) is 132 Å². The summed E-state index contributed by atoms with van der Waals surface area (Å²) in [6.45, 7) is 8.16. The number of hydrogen-bond donors (Lipinski definition) is 2. The van der Waals surface area contributed by atoms with E-state index in [0.29, 0.717) is 13.0 Å². The lowest BCUT2D eigenvalue weighted by atomic mass is 9.80. The van der Waals surface area contributed by atoms with Gasteiger partial charge in [0.25, 0.3) is 0 Å². The SMILES string of the molecule is CC(OC1(C)CCC1)C(NC(=O)C1(C(F)(F)F)CC1)C(=O)N1CC2C(C)(C)C23C1C(=O)N3C(C#N)CC1CCCNC1=O. The molecule has 2 N–H and O–H groups in total. The molecule has 4 amide bonds. The van der Waals surface area contributed by atoms with Crippen LogP contribution in [0.3, 0.4) is 0 Å². The van der Waals surface area contributed by atoms with Gasteiger partial charge in [0.2, 0.25) is 23.6 Å². The average molecular weight is 608 g/mol. The number of piperidine rings is 2. The molecule has 0 radical (unpaired) electrons. The standard InChI is InChI=1S/C30H40F3N5O5/c1-16(43-27(4)8-6-9-27)20(36-25(42)28(10-11-28)30(31,32)33)23(40)37-15-19-26(2,3)29(19)21(37)24(41)38(29)18(14-34)13-17-7-5-12-35-22(17)39/h16-21H,5-13,15H2,1-4H3,(H,35,39)(H,36,42). The lowest BCUT2D eigenvalue weighted by Gasteiger charge is -2.54. The van der Waals surface area contributed by atoms with Gasteiger partial charge in [-0.2, -0.15) is 18.4 Å². The lowest BCUT2D eigenvalue weighted by molar-refractivity contribution is -0.195. The Morgan fingerprint density at radius 2 is 1.84 bits per heavy atom. The molecule has 3 aliphatic heterocycles. The predicted molar refractivity (Wildman–Crippen MR) is 145 cm³/mol. The summed E-state index contributed by atoms with van der Waals surface area (Å²) in [4.78, 5) is 56.4. The Balaban J connectivity index is 1.25. The van der Waals surface area contributed by atoms with Crippen LogP contribution < -0.4 is 10.6 Å². The molecule has 0 bridgehead atoms. The summed E-state index contributed by atoms with van der Waals surface area (Å²) in [6.07, 6.45) is -2.38. The highest BCUT2D eigenvalue weighted by molar-refractivity contribution is 6.01. The van der Waals surface area contributed by atoms with E-state index in [4.69, 9.17) is 4.74 Å². The Hall–Kier alpha value is -2.88. The van der Waals surface area contributed by atoms with E-state index >= 15 is 0 Å². The molecule has 3 saturated heterocycles. The van der Waals surface area contributed by atoms with Crippen molar-refractivity contribution in [3.8, 4) is 6.07 Å². The maximum Gasteiger partial charge on any atom is 0.403 e. The summed E-state index contributed by atoms with van der Waals surface area (Å²) in [5, 5.41) is 15.3. The number of rotatable bonds is 9. The molecular weight excluding hydrogens is 567 g/mol. The summed E-state index contributed by atoms with van der Waals surface area (Å²) in [7, 11) is 0. The van der Waals surface area contributed by atoms with Crippen LogP contribution in [-0.4, -0.2) is 88.1 Å². The van der Waals surface area contributed by atoms with Crippen LogP contribution in [0, 0.1) is 34.0 Å². The molecular formula is C30H40F3N5O5. The predicted octanol–water partition coefficient (Wildman–Crippen LogP) is 2.42. The van der Waals surface area contributed by atoms with Crippen LogP contribution in [0.2, 0.25) is 0 Å². The van der Waals surface area contributed by atoms with E-state index < -0.39 is 76.0 Å². The van der Waals surface area contributed by atoms with Crippen molar-refractivity contribution in [2.24, 2.45) is 22.7 Å². The van der Waals surface area contributed by atoms with Crippen molar-refractivity contribution >= 4 is 23.6 Å².